The maximum absolute atomic E-state index is 13.0. The number of hydrogen-bond acceptors (Lipinski definition) is 3. The number of halogens is 3. The average Bonchev–Trinajstić information content (AvgIpc) is 2.46. The van der Waals surface area contributed by atoms with E-state index in [2.05, 4.69) is 5.32 Å². The summed E-state index contributed by atoms with van der Waals surface area (Å²) < 4.78 is 44.1. The van der Waals surface area contributed by atoms with Crippen molar-refractivity contribution >= 4 is 0 Å². The summed E-state index contributed by atoms with van der Waals surface area (Å²) in [5.74, 6) is -0.678. The zero-order chi connectivity index (χ0) is 15.5. The first-order chi connectivity index (χ1) is 9.91. The molecule has 0 bridgehead atoms. The van der Waals surface area contributed by atoms with Gasteiger partial charge >= 0.3 is 6.18 Å². The minimum Gasteiger partial charge on any atom is -0.508 e. The molecule has 0 saturated heterocycles. The minimum absolute atomic E-state index is 0.0580. The van der Waals surface area contributed by atoms with Crippen molar-refractivity contribution in [2.75, 3.05) is 7.11 Å². The molecule has 1 aliphatic rings. The van der Waals surface area contributed by atoms with E-state index in [0.29, 0.717) is 24.2 Å². The summed E-state index contributed by atoms with van der Waals surface area (Å²) in [4.78, 5) is 0. The lowest BCUT2D eigenvalue weighted by Crippen LogP contribution is -2.45. The summed E-state index contributed by atoms with van der Waals surface area (Å²) in [5, 5.41) is 12.7. The van der Waals surface area contributed by atoms with Crippen LogP contribution in [0.2, 0.25) is 0 Å². The Balaban J connectivity index is 2.04. The van der Waals surface area contributed by atoms with Crippen LogP contribution in [0.4, 0.5) is 13.2 Å². The van der Waals surface area contributed by atoms with Crippen molar-refractivity contribution in [1.29, 1.82) is 0 Å². The molecule has 2 rings (SSSR count). The van der Waals surface area contributed by atoms with Crippen molar-refractivity contribution in [3.63, 3.8) is 0 Å². The zero-order valence-electron chi connectivity index (χ0n) is 11.9. The van der Waals surface area contributed by atoms with Gasteiger partial charge in [0.2, 0.25) is 0 Å². The van der Waals surface area contributed by atoms with Crippen LogP contribution in [0.15, 0.2) is 18.2 Å². The number of phenolic OH excluding ortho intramolecular Hbond substituents is 1. The first kappa shape index (κ1) is 15.9. The van der Waals surface area contributed by atoms with E-state index < -0.39 is 18.1 Å². The summed E-state index contributed by atoms with van der Waals surface area (Å²) in [7, 11) is 1.50. The largest absolute Gasteiger partial charge is 0.508 e. The van der Waals surface area contributed by atoms with Crippen LogP contribution in [-0.4, -0.2) is 24.4 Å². The monoisotopic (exact) mass is 303 g/mol. The second kappa shape index (κ2) is 6.56. The molecule has 2 atom stereocenters. The van der Waals surface area contributed by atoms with Gasteiger partial charge in [0.1, 0.15) is 11.5 Å². The number of nitrogens with one attached hydrogen (secondary N) is 1. The van der Waals surface area contributed by atoms with E-state index in [9.17, 15) is 18.3 Å². The Labute approximate surface area is 122 Å². The maximum atomic E-state index is 13.0. The second-order valence-corrected chi connectivity index (χ2v) is 5.41. The molecule has 6 heteroatoms. The van der Waals surface area contributed by atoms with Crippen molar-refractivity contribution < 1.29 is 23.0 Å². The molecule has 0 aromatic heterocycles. The van der Waals surface area contributed by atoms with Gasteiger partial charge in [-0.25, -0.2) is 0 Å². The van der Waals surface area contributed by atoms with Crippen LogP contribution in [0, 0.1) is 5.92 Å². The fourth-order valence-electron chi connectivity index (χ4n) is 2.84. The number of hydrogen-bond donors (Lipinski definition) is 2. The van der Waals surface area contributed by atoms with Gasteiger partial charge in [-0.3, -0.25) is 0 Å². The summed E-state index contributed by atoms with van der Waals surface area (Å²) >= 11 is 0. The third-order valence-electron chi connectivity index (χ3n) is 4.03. The molecule has 2 unspecified atom stereocenters. The quantitative estimate of drug-likeness (QED) is 0.893. The van der Waals surface area contributed by atoms with E-state index in [-0.39, 0.29) is 18.7 Å². The number of methoxy groups -OCH3 is 1. The Bertz CT molecular complexity index is 476. The van der Waals surface area contributed by atoms with Crippen LogP contribution >= 0.6 is 0 Å². The number of ether oxygens (including phenoxy) is 1. The van der Waals surface area contributed by atoms with Gasteiger partial charge in [0.05, 0.1) is 13.0 Å². The van der Waals surface area contributed by atoms with Gasteiger partial charge in [0, 0.05) is 18.2 Å². The minimum atomic E-state index is -4.17. The molecule has 21 heavy (non-hydrogen) atoms. The summed E-state index contributed by atoms with van der Waals surface area (Å²) in [5.41, 5.74) is 0.542. The van der Waals surface area contributed by atoms with Crippen molar-refractivity contribution in [3.8, 4) is 11.5 Å². The molecule has 1 aromatic carbocycles. The summed E-state index contributed by atoms with van der Waals surface area (Å²) in [6.07, 6.45) is -2.07. The molecule has 0 spiro atoms. The van der Waals surface area contributed by atoms with Crippen LogP contribution < -0.4 is 10.1 Å². The molecule has 1 saturated carbocycles. The molecule has 2 N–H and O–H groups in total. The highest BCUT2D eigenvalue weighted by atomic mass is 19.4. The van der Waals surface area contributed by atoms with Gasteiger partial charge in [0.15, 0.2) is 0 Å². The van der Waals surface area contributed by atoms with Crippen molar-refractivity contribution in [2.45, 2.75) is 44.4 Å². The van der Waals surface area contributed by atoms with Gasteiger partial charge in [-0.15, -0.1) is 0 Å². The Morgan fingerprint density at radius 1 is 1.29 bits per heavy atom. The van der Waals surface area contributed by atoms with E-state index in [1.807, 2.05) is 0 Å². The van der Waals surface area contributed by atoms with Gasteiger partial charge < -0.3 is 15.2 Å². The Morgan fingerprint density at radius 3 is 2.67 bits per heavy atom. The third kappa shape index (κ3) is 4.03. The van der Waals surface area contributed by atoms with Crippen LogP contribution in [0.25, 0.3) is 0 Å². The standard InChI is InChI=1S/C15H20F3NO2/c1-21-11-6-7-14(20)10(8-11)9-19-13-5-3-2-4-12(13)15(16,17)18/h6-8,12-13,19-20H,2-5,9H2,1H3. The Kier molecular flexibility index (Phi) is 4.98. The highest BCUT2D eigenvalue weighted by molar-refractivity contribution is 5.39. The summed E-state index contributed by atoms with van der Waals surface area (Å²) in [6.45, 7) is 0.195. The molecule has 1 fully saturated rings. The molecule has 3 nitrogen and oxygen atoms in total. The first-order valence-electron chi connectivity index (χ1n) is 7.08. The van der Waals surface area contributed by atoms with E-state index in [1.54, 1.807) is 12.1 Å². The van der Waals surface area contributed by atoms with E-state index in [4.69, 9.17) is 4.74 Å². The van der Waals surface area contributed by atoms with Gasteiger partial charge in [0.25, 0.3) is 0 Å². The van der Waals surface area contributed by atoms with Crippen LogP contribution in [0.1, 0.15) is 31.2 Å². The average molecular weight is 303 g/mol. The number of benzene rings is 1. The van der Waals surface area contributed by atoms with Gasteiger partial charge in [-0.05, 0) is 31.0 Å². The van der Waals surface area contributed by atoms with Crippen LogP contribution in [0.5, 0.6) is 11.5 Å². The van der Waals surface area contributed by atoms with Crippen LogP contribution in [0.3, 0.4) is 0 Å². The van der Waals surface area contributed by atoms with Crippen LogP contribution in [-0.2, 0) is 6.54 Å². The number of aromatic hydroxyl groups is 1. The topological polar surface area (TPSA) is 41.5 Å². The van der Waals surface area contributed by atoms with E-state index in [1.165, 1.54) is 13.2 Å². The van der Waals surface area contributed by atoms with E-state index >= 15 is 0 Å². The molecule has 1 aliphatic carbocycles. The molecule has 1 aromatic rings. The predicted molar refractivity (Wildman–Crippen MR) is 73.3 cm³/mol. The molecule has 0 aliphatic heterocycles. The molecule has 0 amide bonds. The molecular weight excluding hydrogens is 283 g/mol. The Morgan fingerprint density at radius 2 is 2.00 bits per heavy atom. The normalized spacial score (nSPS) is 23.0. The lowest BCUT2D eigenvalue weighted by Gasteiger charge is -2.33. The third-order valence-corrected chi connectivity index (χ3v) is 4.03. The summed E-state index contributed by atoms with van der Waals surface area (Å²) in [6, 6.07) is 4.13. The molecular formula is C15H20F3NO2. The smallest absolute Gasteiger partial charge is 0.393 e. The zero-order valence-corrected chi connectivity index (χ0v) is 11.9. The van der Waals surface area contributed by atoms with Gasteiger partial charge in [-0.1, -0.05) is 12.8 Å². The van der Waals surface area contributed by atoms with Gasteiger partial charge in [-0.2, -0.15) is 13.2 Å². The fourth-order valence-corrected chi connectivity index (χ4v) is 2.84. The predicted octanol–water partition coefficient (Wildman–Crippen LogP) is 3.61. The number of alkyl halides is 3. The van der Waals surface area contributed by atoms with Crippen molar-refractivity contribution in [2.24, 2.45) is 5.92 Å². The number of phenols is 1. The highest BCUT2D eigenvalue weighted by Crippen LogP contribution is 2.38. The lowest BCUT2D eigenvalue weighted by molar-refractivity contribution is -0.189. The fraction of sp³-hybridized carbons (Fsp3) is 0.600. The Hall–Kier alpha value is -1.43. The van der Waals surface area contributed by atoms with Crippen molar-refractivity contribution in [3.05, 3.63) is 23.8 Å². The highest BCUT2D eigenvalue weighted by Gasteiger charge is 2.45. The lowest BCUT2D eigenvalue weighted by atomic mass is 9.84. The first-order valence-corrected chi connectivity index (χ1v) is 7.08. The molecule has 0 heterocycles. The second-order valence-electron chi connectivity index (χ2n) is 5.41. The van der Waals surface area contributed by atoms with E-state index in [0.717, 1.165) is 6.42 Å². The molecule has 118 valence electrons. The van der Waals surface area contributed by atoms with Crippen molar-refractivity contribution in [1.82, 2.24) is 5.32 Å². The number of rotatable bonds is 4. The maximum Gasteiger partial charge on any atom is 0.393 e. The molecule has 0 radical (unpaired) electrons. The SMILES string of the molecule is COc1ccc(O)c(CNC2CCCCC2C(F)(F)F)c1.